The predicted molar refractivity (Wildman–Crippen MR) is 99.9 cm³/mol. The number of pyridine rings is 1. The zero-order chi connectivity index (χ0) is 18.1. The Balaban J connectivity index is 1.64. The Kier molecular flexibility index (Phi) is 4.24. The molecular weight excluding hydrogens is 328 g/mol. The zero-order valence-electron chi connectivity index (χ0n) is 14.6. The second kappa shape index (κ2) is 6.71. The van der Waals surface area contributed by atoms with Gasteiger partial charge in [-0.05, 0) is 37.1 Å². The van der Waals surface area contributed by atoms with Crippen LogP contribution in [0, 0.1) is 0 Å². The molecule has 3 aromatic rings. The summed E-state index contributed by atoms with van der Waals surface area (Å²) in [7, 11) is 1.69. The molecule has 1 aliphatic carbocycles. The summed E-state index contributed by atoms with van der Waals surface area (Å²) in [6, 6.07) is 10.9. The van der Waals surface area contributed by atoms with Crippen molar-refractivity contribution in [1.29, 1.82) is 0 Å². The Morgan fingerprint density at radius 3 is 2.62 bits per heavy atom. The highest BCUT2D eigenvalue weighted by Crippen LogP contribution is 2.20. The number of amides is 1. The highest BCUT2D eigenvalue weighted by molar-refractivity contribution is 5.94. The molecule has 1 aliphatic rings. The molecule has 0 bridgehead atoms. The number of aromatic nitrogens is 3. The molecule has 0 saturated heterocycles. The van der Waals surface area contributed by atoms with Gasteiger partial charge in [0.15, 0.2) is 5.65 Å². The molecule has 0 atom stereocenters. The fourth-order valence-electron chi connectivity index (χ4n) is 3.46. The van der Waals surface area contributed by atoms with Crippen LogP contribution in [0.1, 0.15) is 36.0 Å². The third-order valence-electron chi connectivity index (χ3n) is 4.93. The summed E-state index contributed by atoms with van der Waals surface area (Å²) in [5.41, 5.74) is 2.64. The quantitative estimate of drug-likeness (QED) is 0.789. The van der Waals surface area contributed by atoms with E-state index in [0.717, 1.165) is 12.8 Å². The van der Waals surface area contributed by atoms with E-state index in [0.29, 0.717) is 28.0 Å². The highest BCUT2D eigenvalue weighted by Gasteiger charge is 2.18. The van der Waals surface area contributed by atoms with E-state index in [-0.39, 0.29) is 17.5 Å². The summed E-state index contributed by atoms with van der Waals surface area (Å²) in [4.78, 5) is 33.6. The SMILES string of the molecule is Cn1c(=O)c(-c2ccc(C(=O)NC3CCCC3)cc2)nc2cccnc21. The highest BCUT2D eigenvalue weighted by atomic mass is 16.1. The molecular formula is C20H20N4O2. The molecule has 1 fully saturated rings. The standard InChI is InChI=1S/C20H20N4O2/c1-24-18-16(7-4-12-21-18)23-17(20(24)26)13-8-10-14(11-9-13)19(25)22-15-5-2-3-6-15/h4,7-12,15H,2-3,5-6H2,1H3,(H,22,25). The lowest BCUT2D eigenvalue weighted by molar-refractivity contribution is 0.0938. The zero-order valence-corrected chi connectivity index (χ0v) is 14.6. The van der Waals surface area contributed by atoms with Crippen LogP contribution < -0.4 is 10.9 Å². The number of nitrogens with one attached hydrogen (secondary N) is 1. The Bertz CT molecular complexity index is 1020. The number of benzene rings is 1. The molecule has 26 heavy (non-hydrogen) atoms. The van der Waals surface area contributed by atoms with Crippen LogP contribution in [-0.2, 0) is 7.05 Å². The molecule has 1 saturated carbocycles. The van der Waals surface area contributed by atoms with E-state index >= 15 is 0 Å². The minimum Gasteiger partial charge on any atom is -0.349 e. The molecule has 2 aromatic heterocycles. The molecule has 132 valence electrons. The first-order valence-corrected chi connectivity index (χ1v) is 8.86. The van der Waals surface area contributed by atoms with Crippen molar-refractivity contribution >= 4 is 17.1 Å². The second-order valence-corrected chi connectivity index (χ2v) is 6.70. The van der Waals surface area contributed by atoms with Gasteiger partial charge in [0.05, 0.1) is 0 Å². The summed E-state index contributed by atoms with van der Waals surface area (Å²) in [5, 5.41) is 3.07. The lowest BCUT2D eigenvalue weighted by Crippen LogP contribution is -2.32. The van der Waals surface area contributed by atoms with Gasteiger partial charge in [0.25, 0.3) is 11.5 Å². The summed E-state index contributed by atoms with van der Waals surface area (Å²) >= 11 is 0. The van der Waals surface area contributed by atoms with Gasteiger partial charge in [-0.3, -0.25) is 14.2 Å². The van der Waals surface area contributed by atoms with E-state index < -0.39 is 0 Å². The molecule has 4 rings (SSSR count). The van der Waals surface area contributed by atoms with Gasteiger partial charge in [0, 0.05) is 30.4 Å². The van der Waals surface area contributed by atoms with Crippen LogP contribution in [0.25, 0.3) is 22.4 Å². The predicted octanol–water partition coefficient (Wildman–Crippen LogP) is 2.67. The number of rotatable bonds is 3. The number of aryl methyl sites for hydroxylation is 1. The fourth-order valence-corrected chi connectivity index (χ4v) is 3.46. The van der Waals surface area contributed by atoms with Crippen molar-refractivity contribution < 1.29 is 4.79 Å². The van der Waals surface area contributed by atoms with Crippen molar-refractivity contribution in [2.24, 2.45) is 7.05 Å². The Morgan fingerprint density at radius 2 is 1.88 bits per heavy atom. The van der Waals surface area contributed by atoms with Crippen molar-refractivity contribution in [3.8, 4) is 11.3 Å². The third-order valence-corrected chi connectivity index (χ3v) is 4.93. The van der Waals surface area contributed by atoms with E-state index in [9.17, 15) is 9.59 Å². The lowest BCUT2D eigenvalue weighted by Gasteiger charge is -2.12. The lowest BCUT2D eigenvalue weighted by atomic mass is 10.1. The van der Waals surface area contributed by atoms with Gasteiger partial charge in [-0.1, -0.05) is 25.0 Å². The van der Waals surface area contributed by atoms with Crippen LogP contribution in [-0.4, -0.2) is 26.5 Å². The van der Waals surface area contributed by atoms with E-state index in [1.165, 1.54) is 17.4 Å². The minimum atomic E-state index is -0.209. The summed E-state index contributed by atoms with van der Waals surface area (Å²) in [6.07, 6.45) is 6.09. The maximum Gasteiger partial charge on any atom is 0.278 e. The minimum absolute atomic E-state index is 0.0629. The van der Waals surface area contributed by atoms with Crippen molar-refractivity contribution in [3.05, 3.63) is 58.5 Å². The molecule has 6 nitrogen and oxygen atoms in total. The first-order chi connectivity index (χ1) is 12.6. The number of fused-ring (bicyclic) bond motifs is 1. The van der Waals surface area contributed by atoms with Crippen molar-refractivity contribution in [3.63, 3.8) is 0 Å². The van der Waals surface area contributed by atoms with Gasteiger partial charge >= 0.3 is 0 Å². The molecule has 1 aromatic carbocycles. The van der Waals surface area contributed by atoms with Crippen molar-refractivity contribution in [2.75, 3.05) is 0 Å². The molecule has 6 heteroatoms. The number of hydrogen-bond acceptors (Lipinski definition) is 4. The molecule has 0 unspecified atom stereocenters. The number of carbonyl (C=O) groups excluding carboxylic acids is 1. The smallest absolute Gasteiger partial charge is 0.278 e. The summed E-state index contributed by atoms with van der Waals surface area (Å²) in [5.74, 6) is -0.0629. The van der Waals surface area contributed by atoms with E-state index in [1.807, 2.05) is 6.07 Å². The molecule has 1 amide bonds. The molecule has 0 spiro atoms. The Hall–Kier alpha value is -3.02. The maximum atomic E-state index is 12.6. The fraction of sp³-hybridized carbons (Fsp3) is 0.300. The second-order valence-electron chi connectivity index (χ2n) is 6.70. The topological polar surface area (TPSA) is 76.9 Å². The van der Waals surface area contributed by atoms with E-state index in [4.69, 9.17) is 0 Å². The van der Waals surface area contributed by atoms with Crippen molar-refractivity contribution in [2.45, 2.75) is 31.7 Å². The van der Waals surface area contributed by atoms with Gasteiger partial charge in [-0.15, -0.1) is 0 Å². The number of carbonyl (C=O) groups is 1. The van der Waals surface area contributed by atoms with Crippen LogP contribution in [0.3, 0.4) is 0 Å². The molecule has 2 heterocycles. The Morgan fingerprint density at radius 1 is 1.15 bits per heavy atom. The van der Waals surface area contributed by atoms with Gasteiger partial charge in [0.1, 0.15) is 11.2 Å². The maximum absolute atomic E-state index is 12.6. The molecule has 1 N–H and O–H groups in total. The average Bonchev–Trinajstić information content (AvgIpc) is 3.18. The van der Waals surface area contributed by atoms with Crippen LogP contribution in [0.2, 0.25) is 0 Å². The van der Waals surface area contributed by atoms with Crippen LogP contribution in [0.15, 0.2) is 47.4 Å². The van der Waals surface area contributed by atoms with Gasteiger partial charge in [0.2, 0.25) is 0 Å². The normalized spacial score (nSPS) is 14.7. The van der Waals surface area contributed by atoms with E-state index in [1.54, 1.807) is 43.6 Å². The summed E-state index contributed by atoms with van der Waals surface area (Å²) < 4.78 is 1.50. The van der Waals surface area contributed by atoms with Gasteiger partial charge in [-0.2, -0.15) is 0 Å². The summed E-state index contributed by atoms with van der Waals surface area (Å²) in [6.45, 7) is 0. The molecule has 0 radical (unpaired) electrons. The van der Waals surface area contributed by atoms with Crippen LogP contribution in [0.5, 0.6) is 0 Å². The molecule has 0 aliphatic heterocycles. The largest absolute Gasteiger partial charge is 0.349 e. The average molecular weight is 348 g/mol. The van der Waals surface area contributed by atoms with Crippen molar-refractivity contribution in [1.82, 2.24) is 19.9 Å². The number of hydrogen-bond donors (Lipinski definition) is 1. The van der Waals surface area contributed by atoms with E-state index in [2.05, 4.69) is 15.3 Å². The van der Waals surface area contributed by atoms with Gasteiger partial charge in [-0.25, -0.2) is 9.97 Å². The first-order valence-electron chi connectivity index (χ1n) is 8.86. The van der Waals surface area contributed by atoms with Gasteiger partial charge < -0.3 is 5.32 Å². The van der Waals surface area contributed by atoms with Crippen LogP contribution in [0.4, 0.5) is 0 Å². The Labute approximate surface area is 150 Å². The third kappa shape index (κ3) is 2.98. The monoisotopic (exact) mass is 348 g/mol. The van der Waals surface area contributed by atoms with Crippen LogP contribution >= 0.6 is 0 Å². The number of nitrogens with zero attached hydrogens (tertiary/aromatic N) is 3. The first kappa shape index (κ1) is 16.4.